The molecule has 0 saturated heterocycles. The molecule has 0 aliphatic heterocycles. The summed E-state index contributed by atoms with van der Waals surface area (Å²) in [4.78, 5) is 12.6. The van der Waals surface area contributed by atoms with Gasteiger partial charge in [0.15, 0.2) is 5.78 Å². The summed E-state index contributed by atoms with van der Waals surface area (Å²) in [5.74, 6) is -0.00288. The lowest BCUT2D eigenvalue weighted by Crippen LogP contribution is -2.64. The minimum absolute atomic E-state index is 0.00593. The molecule has 0 aromatic heterocycles. The van der Waals surface area contributed by atoms with Gasteiger partial charge in [0.2, 0.25) is 0 Å². The van der Waals surface area contributed by atoms with Crippen LogP contribution in [-0.2, 0) is 4.79 Å². The molecule has 102 valence electrons. The molecule has 0 radical (unpaired) electrons. The topological polar surface area (TPSA) is 57.5 Å². The summed E-state index contributed by atoms with van der Waals surface area (Å²) in [5, 5.41) is 20.7. The highest BCUT2D eigenvalue weighted by Gasteiger charge is 2.63. The highest BCUT2D eigenvalue weighted by molar-refractivity contribution is 5.97. The van der Waals surface area contributed by atoms with Crippen molar-refractivity contribution in [3.05, 3.63) is 35.1 Å². The average Bonchev–Trinajstić information content (AvgIpc) is 2.34. The first-order chi connectivity index (χ1) is 8.71. The zero-order valence-electron chi connectivity index (χ0n) is 11.8. The van der Waals surface area contributed by atoms with Crippen molar-refractivity contribution in [2.75, 3.05) is 0 Å². The van der Waals surface area contributed by atoms with Gasteiger partial charge in [0.05, 0.1) is 5.41 Å². The number of carbonyl (C=O) groups is 1. The quantitative estimate of drug-likeness (QED) is 0.658. The Bertz CT molecular complexity index is 565. The summed E-state index contributed by atoms with van der Waals surface area (Å²) in [5.41, 5.74) is -0.302. The van der Waals surface area contributed by atoms with Crippen molar-refractivity contribution >= 4 is 5.78 Å². The Labute approximate surface area is 113 Å². The lowest BCUT2D eigenvalue weighted by Gasteiger charge is -2.56. The third-order valence-corrected chi connectivity index (χ3v) is 5.39. The zero-order chi connectivity index (χ0) is 14.2. The molecule has 2 bridgehead atoms. The van der Waals surface area contributed by atoms with Gasteiger partial charge in [-0.25, -0.2) is 0 Å². The van der Waals surface area contributed by atoms with Crippen LogP contribution in [0.4, 0.5) is 0 Å². The van der Waals surface area contributed by atoms with Crippen LogP contribution >= 0.6 is 0 Å². The van der Waals surface area contributed by atoms with Gasteiger partial charge in [-0.05, 0) is 38.8 Å². The van der Waals surface area contributed by atoms with Gasteiger partial charge < -0.3 is 10.2 Å². The van der Waals surface area contributed by atoms with Gasteiger partial charge in [-0.15, -0.1) is 0 Å². The molecule has 5 atom stereocenters. The second kappa shape index (κ2) is 3.40. The van der Waals surface area contributed by atoms with Crippen LogP contribution in [0.2, 0.25) is 0 Å². The Balaban J connectivity index is 2.24. The van der Waals surface area contributed by atoms with E-state index in [4.69, 9.17) is 0 Å². The zero-order valence-corrected chi connectivity index (χ0v) is 11.8. The molecule has 2 N–H and O–H groups in total. The van der Waals surface area contributed by atoms with Crippen LogP contribution in [0, 0.1) is 23.2 Å². The maximum atomic E-state index is 12.6. The van der Waals surface area contributed by atoms with Gasteiger partial charge in [0.1, 0.15) is 11.4 Å². The molecule has 3 nitrogen and oxygen atoms in total. The minimum atomic E-state index is -1.34. The normalized spacial score (nSPS) is 48.4. The van der Waals surface area contributed by atoms with E-state index in [1.54, 1.807) is 6.92 Å². The molecule has 0 heterocycles. The Morgan fingerprint density at radius 3 is 2.47 bits per heavy atom. The van der Waals surface area contributed by atoms with Crippen molar-refractivity contribution in [1.29, 1.82) is 0 Å². The molecule has 0 aromatic carbocycles. The molecule has 0 amide bonds. The molecule has 4 rings (SSSR count). The van der Waals surface area contributed by atoms with E-state index in [2.05, 4.69) is 0 Å². The summed E-state index contributed by atoms with van der Waals surface area (Å²) in [6.07, 6.45) is 5.89. The minimum Gasteiger partial charge on any atom is -0.508 e. The SMILES string of the molecule is CC1=C[C@@H]2[C@H](C(C)=C1O)[C@H]1C=C[C@]2(C)C(=O)[C@@]1(C)O. The van der Waals surface area contributed by atoms with Gasteiger partial charge in [0.25, 0.3) is 0 Å². The molecule has 0 aromatic rings. The predicted octanol–water partition coefficient (Wildman–Crippen LogP) is 2.54. The van der Waals surface area contributed by atoms with Crippen LogP contribution in [0.15, 0.2) is 35.1 Å². The van der Waals surface area contributed by atoms with Gasteiger partial charge in [-0.1, -0.05) is 18.2 Å². The van der Waals surface area contributed by atoms with Crippen molar-refractivity contribution < 1.29 is 15.0 Å². The van der Waals surface area contributed by atoms with Gasteiger partial charge in [0, 0.05) is 17.8 Å². The fourth-order valence-electron chi connectivity index (χ4n) is 4.22. The monoisotopic (exact) mass is 260 g/mol. The van der Waals surface area contributed by atoms with Crippen LogP contribution in [0.5, 0.6) is 0 Å². The molecule has 1 fully saturated rings. The van der Waals surface area contributed by atoms with Crippen molar-refractivity contribution in [1.82, 2.24) is 0 Å². The second-order valence-electron chi connectivity index (χ2n) is 6.58. The first-order valence-electron chi connectivity index (χ1n) is 6.76. The van der Waals surface area contributed by atoms with E-state index in [1.807, 2.05) is 39.0 Å². The highest BCUT2D eigenvalue weighted by atomic mass is 16.3. The molecule has 19 heavy (non-hydrogen) atoms. The Kier molecular flexibility index (Phi) is 2.27. The highest BCUT2D eigenvalue weighted by Crippen LogP contribution is 2.58. The van der Waals surface area contributed by atoms with Crippen molar-refractivity contribution in [2.45, 2.75) is 33.3 Å². The number of hydrogen-bond donors (Lipinski definition) is 2. The van der Waals surface area contributed by atoms with E-state index >= 15 is 0 Å². The maximum Gasteiger partial charge on any atom is 0.174 e. The van der Waals surface area contributed by atoms with Crippen LogP contribution in [0.3, 0.4) is 0 Å². The third kappa shape index (κ3) is 1.29. The van der Waals surface area contributed by atoms with Gasteiger partial charge in [-0.2, -0.15) is 0 Å². The number of Topliss-reactive ketones (excluding diaryl/α,β-unsaturated/α-hetero) is 1. The molecular formula is C16H20O3. The fraction of sp³-hybridized carbons (Fsp3) is 0.562. The number of allylic oxidation sites excluding steroid dienone is 4. The van der Waals surface area contributed by atoms with Gasteiger partial charge in [-0.3, -0.25) is 4.79 Å². The van der Waals surface area contributed by atoms with E-state index in [-0.39, 0.29) is 23.5 Å². The average molecular weight is 260 g/mol. The number of hydrogen-bond acceptors (Lipinski definition) is 3. The summed E-state index contributed by atoms with van der Waals surface area (Å²) in [6, 6.07) is 0. The molecule has 0 spiro atoms. The van der Waals surface area contributed by atoms with E-state index < -0.39 is 11.0 Å². The lowest BCUT2D eigenvalue weighted by molar-refractivity contribution is -0.163. The lowest BCUT2D eigenvalue weighted by atomic mass is 9.47. The number of aliphatic hydroxyl groups is 2. The first-order valence-corrected chi connectivity index (χ1v) is 6.76. The summed E-state index contributed by atoms with van der Waals surface area (Å²) >= 11 is 0. The molecule has 1 saturated carbocycles. The van der Waals surface area contributed by atoms with Gasteiger partial charge >= 0.3 is 0 Å². The number of aliphatic hydroxyl groups excluding tert-OH is 1. The third-order valence-electron chi connectivity index (χ3n) is 5.39. The first kappa shape index (κ1) is 12.7. The van der Waals surface area contributed by atoms with Crippen LogP contribution in [-0.4, -0.2) is 21.6 Å². The molecular weight excluding hydrogens is 240 g/mol. The van der Waals surface area contributed by atoms with E-state index in [0.717, 1.165) is 11.1 Å². The number of rotatable bonds is 0. The van der Waals surface area contributed by atoms with Crippen molar-refractivity contribution in [3.8, 4) is 0 Å². The van der Waals surface area contributed by atoms with E-state index in [0.29, 0.717) is 5.76 Å². The van der Waals surface area contributed by atoms with Crippen LogP contribution in [0.25, 0.3) is 0 Å². The summed E-state index contributed by atoms with van der Waals surface area (Å²) in [6.45, 7) is 7.27. The second-order valence-corrected chi connectivity index (χ2v) is 6.58. The maximum absolute atomic E-state index is 12.6. The van der Waals surface area contributed by atoms with E-state index in [1.165, 1.54) is 0 Å². The standard InChI is InChI=1S/C16H20O3/c1-8-7-11-12(9(2)13(8)17)10-5-6-15(11,3)14(18)16(10,4)19/h5-7,10-12,17,19H,1-4H3/t10-,11-,12-,15+,16+/m1/s1. The number of ketones is 1. The molecule has 0 unspecified atom stereocenters. The molecule has 4 aliphatic carbocycles. The Hall–Kier alpha value is -1.35. The van der Waals surface area contributed by atoms with Crippen LogP contribution < -0.4 is 0 Å². The Morgan fingerprint density at radius 2 is 1.84 bits per heavy atom. The van der Waals surface area contributed by atoms with Crippen molar-refractivity contribution in [2.24, 2.45) is 23.2 Å². The number of fused-ring (bicyclic) bond motifs is 1. The largest absolute Gasteiger partial charge is 0.508 e. The summed E-state index contributed by atoms with van der Waals surface area (Å²) in [7, 11) is 0. The fourth-order valence-corrected chi connectivity index (χ4v) is 4.22. The summed E-state index contributed by atoms with van der Waals surface area (Å²) < 4.78 is 0. The van der Waals surface area contributed by atoms with Crippen LogP contribution in [0.1, 0.15) is 27.7 Å². The number of carbonyl (C=O) groups excluding carboxylic acids is 1. The van der Waals surface area contributed by atoms with E-state index in [9.17, 15) is 15.0 Å². The van der Waals surface area contributed by atoms with Crippen molar-refractivity contribution in [3.63, 3.8) is 0 Å². The molecule has 3 heteroatoms. The predicted molar refractivity (Wildman–Crippen MR) is 72.4 cm³/mol. The smallest absolute Gasteiger partial charge is 0.174 e. The Morgan fingerprint density at radius 1 is 1.21 bits per heavy atom. The molecule has 4 aliphatic rings.